The van der Waals surface area contributed by atoms with E-state index in [9.17, 15) is 4.39 Å². The number of nitrogens with zero attached hydrogens (tertiary/aromatic N) is 4. The third-order valence-corrected chi connectivity index (χ3v) is 4.95. The third-order valence-electron chi connectivity index (χ3n) is 4.46. The van der Waals surface area contributed by atoms with Crippen LogP contribution in [-0.2, 0) is 12.2 Å². The number of halogens is 3. The summed E-state index contributed by atoms with van der Waals surface area (Å²) in [7, 11) is 0. The highest BCUT2D eigenvalue weighted by atomic mass is 79.9. The van der Waals surface area contributed by atoms with E-state index in [-0.39, 0.29) is 30.5 Å². The lowest BCUT2D eigenvalue weighted by Gasteiger charge is -2.18. The molecule has 0 spiro atoms. The molecule has 1 saturated heterocycles. The van der Waals surface area contributed by atoms with Gasteiger partial charge in [0.25, 0.3) is 5.89 Å². The molecule has 5 nitrogen and oxygen atoms in total. The van der Waals surface area contributed by atoms with Gasteiger partial charge in [-0.15, -0.1) is 0 Å². The van der Waals surface area contributed by atoms with Gasteiger partial charge in [0.15, 0.2) is 5.67 Å². The molecule has 3 heterocycles. The maximum Gasteiger partial charge on any atom is 0.258 e. The number of pyridine rings is 1. The van der Waals surface area contributed by atoms with Crippen LogP contribution in [0, 0.1) is 5.82 Å². The Labute approximate surface area is 157 Å². The Hall–Kier alpha value is -2.19. The van der Waals surface area contributed by atoms with E-state index in [1.54, 1.807) is 36.7 Å². The summed E-state index contributed by atoms with van der Waals surface area (Å²) in [6.07, 6.45) is 3.45. The summed E-state index contributed by atoms with van der Waals surface area (Å²) >= 11 is 3.23. The van der Waals surface area contributed by atoms with E-state index in [4.69, 9.17) is 4.52 Å². The van der Waals surface area contributed by atoms with Crippen molar-refractivity contribution in [2.24, 2.45) is 0 Å². The minimum Gasteiger partial charge on any atom is -0.334 e. The molecule has 0 aliphatic carbocycles. The lowest BCUT2D eigenvalue weighted by atomic mass is 10.1. The molecule has 134 valence electrons. The number of likely N-dealkylation sites (tertiary alicyclic amines) is 1. The predicted molar refractivity (Wildman–Crippen MR) is 94.3 cm³/mol. The Morgan fingerprint density at radius 1 is 1.23 bits per heavy atom. The highest BCUT2D eigenvalue weighted by Crippen LogP contribution is 2.36. The summed E-state index contributed by atoms with van der Waals surface area (Å²) in [6, 6.07) is 8.33. The summed E-state index contributed by atoms with van der Waals surface area (Å²) in [4.78, 5) is 10.0. The Balaban J connectivity index is 1.49. The Morgan fingerprint density at radius 3 is 2.81 bits per heavy atom. The summed E-state index contributed by atoms with van der Waals surface area (Å²) in [5.74, 6) is -0.0183. The Morgan fingerprint density at radius 2 is 2.04 bits per heavy atom. The molecule has 0 radical (unpaired) electrons. The lowest BCUT2D eigenvalue weighted by Crippen LogP contribution is -2.28. The largest absolute Gasteiger partial charge is 0.334 e. The molecule has 2 aromatic heterocycles. The van der Waals surface area contributed by atoms with Gasteiger partial charge in [-0.1, -0.05) is 27.2 Å². The van der Waals surface area contributed by atoms with Crippen LogP contribution in [0.2, 0.25) is 0 Å². The van der Waals surface area contributed by atoms with Crippen LogP contribution in [0.25, 0.3) is 11.5 Å². The van der Waals surface area contributed by atoms with Crippen molar-refractivity contribution in [3.8, 4) is 11.5 Å². The molecule has 1 atom stereocenters. The molecule has 0 amide bonds. The zero-order valence-electron chi connectivity index (χ0n) is 13.7. The first kappa shape index (κ1) is 17.2. The monoisotopic (exact) mass is 420 g/mol. The van der Waals surface area contributed by atoms with Crippen LogP contribution in [0.5, 0.6) is 0 Å². The summed E-state index contributed by atoms with van der Waals surface area (Å²) in [5.41, 5.74) is -0.488. The van der Waals surface area contributed by atoms with E-state index in [2.05, 4.69) is 31.1 Å². The van der Waals surface area contributed by atoms with Gasteiger partial charge >= 0.3 is 0 Å². The number of aromatic nitrogens is 3. The van der Waals surface area contributed by atoms with E-state index in [1.807, 2.05) is 4.90 Å². The Bertz CT molecular complexity index is 921. The average molecular weight is 421 g/mol. The summed E-state index contributed by atoms with van der Waals surface area (Å²) in [5, 5.41) is 3.83. The van der Waals surface area contributed by atoms with Gasteiger partial charge in [-0.25, -0.2) is 8.78 Å². The minimum atomic E-state index is -1.71. The molecule has 1 unspecified atom stereocenters. The normalized spacial score (nSPS) is 20.6. The van der Waals surface area contributed by atoms with E-state index in [1.165, 1.54) is 6.07 Å². The van der Waals surface area contributed by atoms with Crippen LogP contribution in [0.4, 0.5) is 8.78 Å². The van der Waals surface area contributed by atoms with Gasteiger partial charge in [-0.05, 0) is 24.3 Å². The smallest absolute Gasteiger partial charge is 0.258 e. The fraction of sp³-hybridized carbons (Fsp3) is 0.278. The maximum atomic E-state index is 15.4. The fourth-order valence-corrected chi connectivity index (χ4v) is 3.41. The third kappa shape index (κ3) is 3.39. The molecule has 1 aromatic carbocycles. The molecule has 3 aromatic rings. The minimum absolute atomic E-state index is 0.0306. The summed E-state index contributed by atoms with van der Waals surface area (Å²) in [6.45, 7) is 0.919. The van der Waals surface area contributed by atoms with Gasteiger partial charge in [-0.2, -0.15) is 4.98 Å². The van der Waals surface area contributed by atoms with Crippen molar-refractivity contribution in [3.63, 3.8) is 0 Å². The quantitative estimate of drug-likeness (QED) is 0.635. The van der Waals surface area contributed by atoms with Gasteiger partial charge in [0.1, 0.15) is 5.82 Å². The molecule has 1 aliphatic heterocycles. The summed E-state index contributed by atoms with van der Waals surface area (Å²) < 4.78 is 35.2. The standard InChI is InChI=1S/C18H15BrF2N4O/c19-14-2-1-13(15(20)9-14)10-25-8-5-18(21,11-25)17-23-16(26-24-17)12-3-6-22-7-4-12/h1-4,6-7,9H,5,8,10-11H2. The highest BCUT2D eigenvalue weighted by Gasteiger charge is 2.44. The first-order chi connectivity index (χ1) is 12.5. The molecular formula is C18H15BrF2N4O. The SMILES string of the molecule is Fc1cc(Br)ccc1CN1CCC(F)(c2noc(-c3ccncc3)n2)C1. The molecule has 0 bridgehead atoms. The highest BCUT2D eigenvalue weighted by molar-refractivity contribution is 9.10. The number of hydrogen-bond donors (Lipinski definition) is 0. The van der Waals surface area contributed by atoms with Gasteiger partial charge in [-0.3, -0.25) is 9.88 Å². The van der Waals surface area contributed by atoms with Crippen molar-refractivity contribution in [2.45, 2.75) is 18.6 Å². The van der Waals surface area contributed by atoms with Crippen LogP contribution in [0.3, 0.4) is 0 Å². The average Bonchev–Trinajstić information content (AvgIpc) is 3.27. The van der Waals surface area contributed by atoms with E-state index in [0.29, 0.717) is 28.7 Å². The van der Waals surface area contributed by atoms with Crippen LogP contribution >= 0.6 is 15.9 Å². The van der Waals surface area contributed by atoms with Crippen LogP contribution in [0.15, 0.2) is 51.7 Å². The van der Waals surface area contributed by atoms with Crippen molar-refractivity contribution in [1.82, 2.24) is 20.0 Å². The predicted octanol–water partition coefficient (Wildman–Crippen LogP) is 4.10. The van der Waals surface area contributed by atoms with Crippen LogP contribution in [0.1, 0.15) is 17.8 Å². The number of alkyl halides is 1. The molecule has 1 fully saturated rings. The number of benzene rings is 1. The van der Waals surface area contributed by atoms with E-state index < -0.39 is 5.67 Å². The van der Waals surface area contributed by atoms with Crippen LogP contribution < -0.4 is 0 Å². The van der Waals surface area contributed by atoms with Gasteiger partial charge in [0, 0.05) is 54.0 Å². The maximum absolute atomic E-state index is 15.4. The molecule has 1 aliphatic rings. The molecule has 8 heteroatoms. The second kappa shape index (κ2) is 6.85. The van der Waals surface area contributed by atoms with Crippen molar-refractivity contribution < 1.29 is 13.3 Å². The molecular weight excluding hydrogens is 406 g/mol. The Kier molecular flexibility index (Phi) is 4.54. The second-order valence-electron chi connectivity index (χ2n) is 6.32. The van der Waals surface area contributed by atoms with E-state index in [0.717, 1.165) is 0 Å². The fourth-order valence-electron chi connectivity index (χ4n) is 3.07. The lowest BCUT2D eigenvalue weighted by molar-refractivity contribution is 0.148. The second-order valence-corrected chi connectivity index (χ2v) is 7.24. The van der Waals surface area contributed by atoms with Crippen LogP contribution in [-0.4, -0.2) is 33.1 Å². The molecule has 26 heavy (non-hydrogen) atoms. The van der Waals surface area contributed by atoms with Crippen molar-refractivity contribution >= 4 is 15.9 Å². The van der Waals surface area contributed by atoms with Crippen molar-refractivity contribution in [3.05, 3.63) is 64.4 Å². The number of hydrogen-bond acceptors (Lipinski definition) is 5. The first-order valence-corrected chi connectivity index (χ1v) is 8.93. The van der Waals surface area contributed by atoms with Crippen molar-refractivity contribution in [1.29, 1.82) is 0 Å². The number of rotatable bonds is 4. The zero-order chi connectivity index (χ0) is 18.1. The zero-order valence-corrected chi connectivity index (χ0v) is 15.3. The van der Waals surface area contributed by atoms with Gasteiger partial charge < -0.3 is 4.52 Å². The topological polar surface area (TPSA) is 55.1 Å². The molecule has 0 N–H and O–H groups in total. The van der Waals surface area contributed by atoms with Crippen molar-refractivity contribution in [2.75, 3.05) is 13.1 Å². The van der Waals surface area contributed by atoms with Gasteiger partial charge in [0.05, 0.1) is 0 Å². The first-order valence-electron chi connectivity index (χ1n) is 8.13. The molecule has 0 saturated carbocycles. The van der Waals surface area contributed by atoms with Gasteiger partial charge in [0.2, 0.25) is 5.82 Å². The molecule has 4 rings (SSSR count). The van der Waals surface area contributed by atoms with E-state index >= 15 is 4.39 Å².